The van der Waals surface area contributed by atoms with Crippen molar-refractivity contribution in [3.05, 3.63) is 18.0 Å². The quantitative estimate of drug-likeness (QED) is 0.708. The number of aromatic nitrogens is 2. The fraction of sp³-hybridized carbons (Fsp3) is 0.550. The van der Waals surface area contributed by atoms with Crippen LogP contribution in [0.5, 0.6) is 0 Å². The van der Waals surface area contributed by atoms with Crippen molar-refractivity contribution in [1.29, 1.82) is 0 Å². The van der Waals surface area contributed by atoms with Crippen molar-refractivity contribution in [2.75, 3.05) is 24.4 Å². The Morgan fingerprint density at radius 3 is 2.86 bits per heavy atom. The molecule has 2 N–H and O–H groups in total. The molecule has 0 aliphatic carbocycles. The molecule has 0 bridgehead atoms. The van der Waals surface area contributed by atoms with E-state index in [-0.39, 0.29) is 23.7 Å². The van der Waals surface area contributed by atoms with E-state index in [2.05, 4.69) is 29.5 Å². The van der Waals surface area contributed by atoms with Crippen LogP contribution in [0.15, 0.2) is 12.3 Å². The predicted molar refractivity (Wildman–Crippen MR) is 108 cm³/mol. The van der Waals surface area contributed by atoms with Gasteiger partial charge in [-0.2, -0.15) is 0 Å². The van der Waals surface area contributed by atoms with Gasteiger partial charge in [0.25, 0.3) is 0 Å². The van der Waals surface area contributed by atoms with E-state index >= 15 is 0 Å². The maximum absolute atomic E-state index is 12.6. The molecule has 0 unspecified atom stereocenters. The lowest BCUT2D eigenvalue weighted by atomic mass is 10.2. The molecular weight excluding hydrogens is 360 g/mol. The van der Waals surface area contributed by atoms with E-state index in [1.165, 1.54) is 14.0 Å². The number of methoxy groups -OCH3 is 1. The SMILES string of the molecule is CC[C@H](C)Nc1cnc2c(c1)c(NC(C)=O)c(C(=O)OC)n2C[C@@H]1CCCO1. The van der Waals surface area contributed by atoms with Crippen LogP contribution in [0.3, 0.4) is 0 Å². The van der Waals surface area contributed by atoms with E-state index in [1.54, 1.807) is 10.8 Å². The molecule has 0 saturated carbocycles. The smallest absolute Gasteiger partial charge is 0.356 e. The van der Waals surface area contributed by atoms with E-state index in [0.29, 0.717) is 29.9 Å². The first-order chi connectivity index (χ1) is 13.4. The van der Waals surface area contributed by atoms with E-state index in [9.17, 15) is 9.59 Å². The molecule has 0 aromatic carbocycles. The Morgan fingerprint density at radius 2 is 2.25 bits per heavy atom. The molecule has 1 aliphatic rings. The largest absolute Gasteiger partial charge is 0.464 e. The zero-order chi connectivity index (χ0) is 20.3. The summed E-state index contributed by atoms with van der Waals surface area (Å²) in [6.07, 6.45) is 4.63. The number of carbonyl (C=O) groups is 2. The number of pyridine rings is 1. The normalized spacial score (nSPS) is 17.5. The lowest BCUT2D eigenvalue weighted by Gasteiger charge is -2.15. The highest BCUT2D eigenvalue weighted by Crippen LogP contribution is 2.34. The van der Waals surface area contributed by atoms with Crippen molar-refractivity contribution >= 4 is 34.3 Å². The average Bonchev–Trinajstić information content (AvgIpc) is 3.28. The minimum absolute atomic E-state index is 0.00361. The zero-order valence-corrected chi connectivity index (χ0v) is 16.9. The van der Waals surface area contributed by atoms with Gasteiger partial charge < -0.3 is 24.7 Å². The number of rotatable bonds is 7. The Labute approximate surface area is 164 Å². The second-order valence-electron chi connectivity index (χ2n) is 7.19. The topological polar surface area (TPSA) is 94.5 Å². The summed E-state index contributed by atoms with van der Waals surface area (Å²) in [7, 11) is 1.33. The van der Waals surface area contributed by atoms with Gasteiger partial charge >= 0.3 is 5.97 Å². The van der Waals surface area contributed by atoms with Crippen molar-refractivity contribution in [2.24, 2.45) is 0 Å². The maximum Gasteiger partial charge on any atom is 0.356 e. The van der Waals surface area contributed by atoms with Gasteiger partial charge in [-0.05, 0) is 32.3 Å². The molecule has 2 aromatic rings. The second-order valence-corrected chi connectivity index (χ2v) is 7.19. The van der Waals surface area contributed by atoms with Crippen LogP contribution in [0.2, 0.25) is 0 Å². The standard InChI is InChI=1S/C20H28N4O4/c1-5-12(2)22-14-9-16-17(23-13(3)25)18(20(26)27-4)24(19(16)21-10-14)11-15-7-6-8-28-15/h9-10,12,15,22H,5-8,11H2,1-4H3,(H,23,25)/t12-,15-/m0/s1. The molecule has 1 amide bonds. The third kappa shape index (κ3) is 4.11. The number of hydrogen-bond donors (Lipinski definition) is 2. The summed E-state index contributed by atoms with van der Waals surface area (Å²) >= 11 is 0. The van der Waals surface area contributed by atoms with Crippen LogP contribution in [0.1, 0.15) is 50.5 Å². The van der Waals surface area contributed by atoms with Crippen LogP contribution < -0.4 is 10.6 Å². The first-order valence-corrected chi connectivity index (χ1v) is 9.70. The van der Waals surface area contributed by atoms with Crippen LogP contribution in [0.4, 0.5) is 11.4 Å². The summed E-state index contributed by atoms with van der Waals surface area (Å²) in [6, 6.07) is 2.19. The number of nitrogens with one attached hydrogen (secondary N) is 2. The van der Waals surface area contributed by atoms with Gasteiger partial charge in [0.15, 0.2) is 5.69 Å². The molecule has 3 rings (SSSR count). The van der Waals surface area contributed by atoms with Gasteiger partial charge in [0.2, 0.25) is 5.91 Å². The Kier molecular flexibility index (Phi) is 6.18. The molecule has 0 spiro atoms. The number of amides is 1. The Bertz CT molecular complexity index is 871. The summed E-state index contributed by atoms with van der Waals surface area (Å²) in [4.78, 5) is 29.1. The Morgan fingerprint density at radius 1 is 1.46 bits per heavy atom. The number of carbonyl (C=O) groups excluding carboxylic acids is 2. The third-order valence-electron chi connectivity index (χ3n) is 5.01. The lowest BCUT2D eigenvalue weighted by Crippen LogP contribution is -2.21. The van der Waals surface area contributed by atoms with Crippen LogP contribution in [-0.4, -0.2) is 47.3 Å². The molecule has 1 saturated heterocycles. The molecule has 2 aromatic heterocycles. The van der Waals surface area contributed by atoms with Crippen LogP contribution >= 0.6 is 0 Å². The number of fused-ring (bicyclic) bond motifs is 1. The molecule has 1 aliphatic heterocycles. The summed E-state index contributed by atoms with van der Waals surface area (Å²) in [5.74, 6) is -0.780. The number of nitrogens with zero attached hydrogens (tertiary/aromatic N) is 2. The molecule has 3 heterocycles. The molecular formula is C20H28N4O4. The number of anilines is 2. The van der Waals surface area contributed by atoms with Crippen molar-refractivity contribution < 1.29 is 19.1 Å². The highest BCUT2D eigenvalue weighted by atomic mass is 16.5. The summed E-state index contributed by atoms with van der Waals surface area (Å²) < 4.78 is 12.6. The van der Waals surface area contributed by atoms with Crippen molar-refractivity contribution in [3.8, 4) is 0 Å². The monoisotopic (exact) mass is 388 g/mol. The van der Waals surface area contributed by atoms with Gasteiger partial charge in [-0.1, -0.05) is 6.92 Å². The van der Waals surface area contributed by atoms with Crippen molar-refractivity contribution in [2.45, 2.75) is 58.7 Å². The molecule has 1 fully saturated rings. The minimum Gasteiger partial charge on any atom is -0.464 e. The lowest BCUT2D eigenvalue weighted by molar-refractivity contribution is -0.114. The third-order valence-corrected chi connectivity index (χ3v) is 5.01. The van der Waals surface area contributed by atoms with E-state index < -0.39 is 5.97 Å². The van der Waals surface area contributed by atoms with Crippen LogP contribution in [0.25, 0.3) is 11.0 Å². The number of ether oxygens (including phenoxy) is 2. The highest BCUT2D eigenvalue weighted by molar-refractivity contribution is 6.10. The van der Waals surface area contributed by atoms with Gasteiger partial charge in [-0.25, -0.2) is 9.78 Å². The molecule has 8 nitrogen and oxygen atoms in total. The minimum atomic E-state index is -0.517. The average molecular weight is 388 g/mol. The predicted octanol–water partition coefficient (Wildman–Crippen LogP) is 3.17. The maximum atomic E-state index is 12.6. The van der Waals surface area contributed by atoms with Gasteiger partial charge in [-0.15, -0.1) is 0 Å². The second kappa shape index (κ2) is 8.60. The summed E-state index contributed by atoms with van der Waals surface area (Å²) in [5, 5.41) is 6.88. The van der Waals surface area contributed by atoms with Crippen molar-refractivity contribution in [1.82, 2.24) is 9.55 Å². The molecule has 0 radical (unpaired) electrons. The Balaban J connectivity index is 2.16. The first-order valence-electron chi connectivity index (χ1n) is 9.70. The summed E-state index contributed by atoms with van der Waals surface area (Å²) in [5.41, 5.74) is 2.16. The summed E-state index contributed by atoms with van der Waals surface area (Å²) in [6.45, 7) is 6.79. The number of esters is 1. The van der Waals surface area contributed by atoms with Crippen molar-refractivity contribution in [3.63, 3.8) is 0 Å². The molecule has 8 heteroatoms. The number of hydrogen-bond acceptors (Lipinski definition) is 6. The molecule has 152 valence electrons. The Hall–Kier alpha value is -2.61. The van der Waals surface area contributed by atoms with E-state index in [4.69, 9.17) is 9.47 Å². The van der Waals surface area contributed by atoms with E-state index in [1.807, 2.05) is 6.07 Å². The van der Waals surface area contributed by atoms with Crippen LogP contribution in [0, 0.1) is 0 Å². The van der Waals surface area contributed by atoms with E-state index in [0.717, 1.165) is 24.9 Å². The fourth-order valence-electron chi connectivity index (χ4n) is 3.47. The molecule has 2 atom stereocenters. The molecule has 28 heavy (non-hydrogen) atoms. The van der Waals surface area contributed by atoms with Gasteiger partial charge in [0.1, 0.15) is 5.65 Å². The van der Waals surface area contributed by atoms with Gasteiger partial charge in [0.05, 0.1) is 37.3 Å². The highest BCUT2D eigenvalue weighted by Gasteiger charge is 2.28. The first kappa shape index (κ1) is 20.1. The van der Waals surface area contributed by atoms with Gasteiger partial charge in [0, 0.05) is 25.0 Å². The zero-order valence-electron chi connectivity index (χ0n) is 16.9. The fourth-order valence-corrected chi connectivity index (χ4v) is 3.47. The van der Waals surface area contributed by atoms with Crippen LogP contribution in [-0.2, 0) is 20.8 Å². The van der Waals surface area contributed by atoms with Gasteiger partial charge in [-0.3, -0.25) is 4.79 Å².